The maximum atomic E-state index is 6.03. The van der Waals surface area contributed by atoms with Crippen molar-refractivity contribution in [3.8, 4) is 0 Å². The zero-order valence-electron chi connectivity index (χ0n) is 8.52. The van der Waals surface area contributed by atoms with E-state index in [1.54, 1.807) is 11.3 Å². The van der Waals surface area contributed by atoms with E-state index in [1.807, 2.05) is 11.4 Å². The van der Waals surface area contributed by atoms with Gasteiger partial charge in [0.15, 0.2) is 0 Å². The highest BCUT2D eigenvalue weighted by molar-refractivity contribution is 7.11. The Bertz CT molecular complexity index is 315. The first-order valence-corrected chi connectivity index (χ1v) is 5.59. The van der Waals surface area contributed by atoms with Crippen molar-refractivity contribution in [2.75, 3.05) is 0 Å². The van der Waals surface area contributed by atoms with Gasteiger partial charge < -0.3 is 0 Å². The summed E-state index contributed by atoms with van der Waals surface area (Å²) in [7, 11) is 0. The molecule has 13 heavy (non-hydrogen) atoms. The van der Waals surface area contributed by atoms with Crippen LogP contribution in [0, 0.1) is 5.41 Å². The van der Waals surface area contributed by atoms with Crippen LogP contribution >= 0.6 is 22.9 Å². The van der Waals surface area contributed by atoms with Crippen molar-refractivity contribution in [3.63, 3.8) is 0 Å². The third-order valence-corrected chi connectivity index (χ3v) is 3.10. The molecule has 0 bridgehead atoms. The Kier molecular flexibility index (Phi) is 3.20. The van der Waals surface area contributed by atoms with E-state index in [-0.39, 0.29) is 5.41 Å². The van der Waals surface area contributed by atoms with Crippen molar-refractivity contribution in [2.45, 2.75) is 27.7 Å². The largest absolute Gasteiger partial charge is 0.143 e. The van der Waals surface area contributed by atoms with Gasteiger partial charge in [0.2, 0.25) is 0 Å². The fourth-order valence-corrected chi connectivity index (χ4v) is 2.48. The Hall–Kier alpha value is -0.270. The van der Waals surface area contributed by atoms with E-state index in [0.29, 0.717) is 0 Å². The molecule has 0 unspecified atom stereocenters. The number of allylic oxidation sites excluding steroid dienone is 2. The summed E-state index contributed by atoms with van der Waals surface area (Å²) in [5.41, 5.74) is 1.49. The van der Waals surface area contributed by atoms with Crippen LogP contribution < -0.4 is 0 Å². The fraction of sp³-hybridized carbons (Fsp3) is 0.455. The molecule has 0 amide bonds. The van der Waals surface area contributed by atoms with E-state index in [1.165, 1.54) is 10.5 Å². The number of hydrogen-bond acceptors (Lipinski definition) is 1. The number of hydrogen-bond donors (Lipinski definition) is 0. The predicted molar refractivity (Wildman–Crippen MR) is 62.4 cm³/mol. The minimum Gasteiger partial charge on any atom is -0.143 e. The Balaban J connectivity index is 2.98. The molecule has 0 aliphatic rings. The molecule has 0 aliphatic carbocycles. The molecule has 0 aliphatic heterocycles. The van der Waals surface area contributed by atoms with E-state index in [2.05, 4.69) is 33.8 Å². The summed E-state index contributed by atoms with van der Waals surface area (Å²) in [6.45, 7) is 8.69. The second-order valence-corrected chi connectivity index (χ2v) is 5.61. The lowest BCUT2D eigenvalue weighted by atomic mass is 9.93. The lowest BCUT2D eigenvalue weighted by molar-refractivity contribution is 0.545. The lowest BCUT2D eigenvalue weighted by Crippen LogP contribution is -1.99. The van der Waals surface area contributed by atoms with Crippen molar-refractivity contribution in [1.82, 2.24) is 0 Å². The van der Waals surface area contributed by atoms with Gasteiger partial charge in [-0.25, -0.2) is 0 Å². The van der Waals surface area contributed by atoms with Crippen LogP contribution in [0.5, 0.6) is 0 Å². The van der Waals surface area contributed by atoms with Crippen molar-refractivity contribution >= 4 is 28.5 Å². The third-order valence-electron chi connectivity index (χ3n) is 1.62. The van der Waals surface area contributed by atoms with Crippen molar-refractivity contribution < 1.29 is 0 Å². The average Bonchev–Trinajstić information content (AvgIpc) is 2.30. The van der Waals surface area contributed by atoms with E-state index in [9.17, 15) is 0 Å². The average molecular weight is 215 g/mol. The normalized spacial score (nSPS) is 13.5. The third kappa shape index (κ3) is 3.17. The predicted octanol–water partition coefficient (Wildman–Crippen LogP) is 4.85. The van der Waals surface area contributed by atoms with Crippen LogP contribution in [0.2, 0.25) is 5.02 Å². The van der Waals surface area contributed by atoms with Gasteiger partial charge in [0, 0.05) is 4.88 Å². The molecule has 0 spiro atoms. The quantitative estimate of drug-likeness (QED) is 0.627. The maximum Gasteiger partial charge on any atom is 0.0588 e. The Morgan fingerprint density at radius 2 is 2.08 bits per heavy atom. The first-order valence-electron chi connectivity index (χ1n) is 4.33. The smallest absolute Gasteiger partial charge is 0.0588 e. The molecule has 0 N–H and O–H groups in total. The summed E-state index contributed by atoms with van der Waals surface area (Å²) in [4.78, 5) is 1.19. The van der Waals surface area contributed by atoms with Gasteiger partial charge in [0.05, 0.1) is 5.02 Å². The van der Waals surface area contributed by atoms with Crippen LogP contribution in [-0.2, 0) is 0 Å². The Morgan fingerprint density at radius 1 is 1.46 bits per heavy atom. The van der Waals surface area contributed by atoms with Gasteiger partial charge in [-0.1, -0.05) is 38.4 Å². The molecule has 0 atom stereocenters. The summed E-state index contributed by atoms with van der Waals surface area (Å²) in [5.74, 6) is 0. The van der Waals surface area contributed by atoms with E-state index in [0.717, 1.165) is 5.02 Å². The summed E-state index contributed by atoms with van der Waals surface area (Å²) < 4.78 is 0. The zero-order chi connectivity index (χ0) is 10.1. The van der Waals surface area contributed by atoms with Crippen LogP contribution in [-0.4, -0.2) is 0 Å². The van der Waals surface area contributed by atoms with Gasteiger partial charge in [-0.2, -0.15) is 0 Å². The molecular weight excluding hydrogens is 200 g/mol. The molecule has 0 nitrogen and oxygen atoms in total. The summed E-state index contributed by atoms with van der Waals surface area (Å²) in [6.07, 6.45) is 2.25. The molecule has 0 saturated carbocycles. The molecule has 0 saturated heterocycles. The lowest BCUT2D eigenvalue weighted by Gasteiger charge is -2.13. The highest BCUT2D eigenvalue weighted by Gasteiger charge is 2.09. The molecular formula is C11H15ClS. The van der Waals surface area contributed by atoms with E-state index >= 15 is 0 Å². The van der Waals surface area contributed by atoms with Gasteiger partial charge in [-0.05, 0) is 29.4 Å². The second-order valence-electron chi connectivity index (χ2n) is 4.29. The van der Waals surface area contributed by atoms with Crippen LogP contribution in [0.1, 0.15) is 32.6 Å². The second kappa shape index (κ2) is 3.85. The molecule has 1 rings (SSSR count). The Morgan fingerprint density at radius 3 is 2.46 bits per heavy atom. The molecule has 1 aromatic heterocycles. The van der Waals surface area contributed by atoms with Gasteiger partial charge in [0.1, 0.15) is 0 Å². The summed E-state index contributed by atoms with van der Waals surface area (Å²) in [5, 5.41) is 2.89. The number of rotatable bonds is 1. The van der Waals surface area contributed by atoms with Crippen LogP contribution in [0.3, 0.4) is 0 Å². The Labute approximate surface area is 89.2 Å². The maximum absolute atomic E-state index is 6.03. The molecule has 0 radical (unpaired) electrons. The minimum absolute atomic E-state index is 0.220. The first-order chi connectivity index (χ1) is 5.90. The first kappa shape index (κ1) is 10.8. The van der Waals surface area contributed by atoms with E-state index in [4.69, 9.17) is 11.6 Å². The van der Waals surface area contributed by atoms with Crippen molar-refractivity contribution in [2.24, 2.45) is 5.41 Å². The highest BCUT2D eigenvalue weighted by Crippen LogP contribution is 2.31. The molecule has 1 heterocycles. The van der Waals surface area contributed by atoms with Gasteiger partial charge in [-0.15, -0.1) is 11.3 Å². The molecule has 72 valence electrons. The van der Waals surface area contributed by atoms with E-state index < -0.39 is 0 Å². The van der Waals surface area contributed by atoms with Gasteiger partial charge >= 0.3 is 0 Å². The molecule has 2 heteroatoms. The highest BCUT2D eigenvalue weighted by atomic mass is 35.5. The number of halogens is 1. The van der Waals surface area contributed by atoms with Crippen molar-refractivity contribution in [1.29, 1.82) is 0 Å². The summed E-state index contributed by atoms with van der Waals surface area (Å²) >= 11 is 7.73. The van der Waals surface area contributed by atoms with Crippen molar-refractivity contribution in [3.05, 3.63) is 27.4 Å². The standard InChI is InChI=1S/C11H15ClS/c1-8(7-11(2,3)4)10-9(12)5-6-13-10/h5-7H,1-4H3/b8-7+. The number of thiophene rings is 1. The minimum atomic E-state index is 0.220. The van der Waals surface area contributed by atoms with Crippen LogP contribution in [0.4, 0.5) is 0 Å². The van der Waals surface area contributed by atoms with Crippen LogP contribution in [0.25, 0.3) is 5.57 Å². The zero-order valence-corrected chi connectivity index (χ0v) is 10.1. The van der Waals surface area contributed by atoms with Gasteiger partial charge in [-0.3, -0.25) is 0 Å². The SMILES string of the molecule is C/C(=C\C(C)(C)C)c1sccc1Cl. The molecule has 0 fully saturated rings. The molecule has 1 aromatic rings. The van der Waals surface area contributed by atoms with Crippen LogP contribution in [0.15, 0.2) is 17.5 Å². The summed E-state index contributed by atoms with van der Waals surface area (Å²) in [6, 6.07) is 1.95. The topological polar surface area (TPSA) is 0 Å². The van der Waals surface area contributed by atoms with Gasteiger partial charge in [0.25, 0.3) is 0 Å². The monoisotopic (exact) mass is 214 g/mol. The molecule has 0 aromatic carbocycles. The fourth-order valence-electron chi connectivity index (χ4n) is 1.29.